The van der Waals surface area contributed by atoms with Gasteiger partial charge in [-0.3, -0.25) is 4.79 Å². The minimum absolute atomic E-state index is 0.132. The van der Waals surface area contributed by atoms with E-state index in [-0.39, 0.29) is 5.56 Å². The monoisotopic (exact) mass is 378 g/mol. The van der Waals surface area contributed by atoms with Gasteiger partial charge in [0.15, 0.2) is 0 Å². The lowest BCUT2D eigenvalue weighted by Crippen LogP contribution is -2.19. The molecule has 4 rings (SSSR count). The molecule has 27 heavy (non-hydrogen) atoms. The van der Waals surface area contributed by atoms with Crippen molar-refractivity contribution in [2.24, 2.45) is 0 Å². The maximum Gasteiger partial charge on any atom is 0.259 e. The Morgan fingerprint density at radius 1 is 1.11 bits per heavy atom. The summed E-state index contributed by atoms with van der Waals surface area (Å²) in [5.74, 6) is 0.864. The normalized spacial score (nSPS) is 10.9. The molecular formula is C20H15ClN4O2. The fraction of sp³-hybridized carbons (Fsp3) is 0.100. The summed E-state index contributed by atoms with van der Waals surface area (Å²) in [6, 6.07) is 14.5. The number of benzene rings is 1. The van der Waals surface area contributed by atoms with E-state index in [4.69, 9.17) is 16.1 Å². The zero-order valence-corrected chi connectivity index (χ0v) is 15.2. The van der Waals surface area contributed by atoms with Crippen LogP contribution in [0.4, 0.5) is 0 Å². The standard InChI is InChI=1S/C20H15ClN4O2/c1-13-3-2-4-15(9-13)19-23-20(27-24-19)16-6-8-18(26)25(12-16)11-14-5-7-17(21)22-10-14/h2-10,12H,11H2,1H3. The van der Waals surface area contributed by atoms with Crippen molar-refractivity contribution in [1.29, 1.82) is 0 Å². The van der Waals surface area contributed by atoms with Gasteiger partial charge in [0.25, 0.3) is 11.4 Å². The summed E-state index contributed by atoms with van der Waals surface area (Å²) < 4.78 is 6.97. The predicted octanol–water partition coefficient (Wildman–Crippen LogP) is 3.97. The van der Waals surface area contributed by atoms with Crippen LogP contribution in [0.15, 0.2) is 70.2 Å². The summed E-state index contributed by atoms with van der Waals surface area (Å²) in [5, 5.41) is 4.46. The molecule has 0 amide bonds. The minimum atomic E-state index is -0.132. The maximum absolute atomic E-state index is 12.2. The fourth-order valence-corrected chi connectivity index (χ4v) is 2.83. The van der Waals surface area contributed by atoms with Crippen LogP contribution in [0.1, 0.15) is 11.1 Å². The van der Waals surface area contributed by atoms with Crippen molar-refractivity contribution in [3.05, 3.63) is 87.6 Å². The highest BCUT2D eigenvalue weighted by atomic mass is 35.5. The smallest absolute Gasteiger partial charge is 0.259 e. The van der Waals surface area contributed by atoms with Crippen LogP contribution in [-0.2, 0) is 6.54 Å². The largest absolute Gasteiger partial charge is 0.334 e. The van der Waals surface area contributed by atoms with Crippen LogP contribution in [0, 0.1) is 6.92 Å². The summed E-state index contributed by atoms with van der Waals surface area (Å²) in [5.41, 5.74) is 3.40. The Bertz CT molecular complexity index is 1150. The third-order valence-electron chi connectivity index (χ3n) is 4.07. The van der Waals surface area contributed by atoms with Gasteiger partial charge in [0.1, 0.15) is 5.15 Å². The summed E-state index contributed by atoms with van der Waals surface area (Å²) in [6.45, 7) is 2.38. The van der Waals surface area contributed by atoms with Crippen molar-refractivity contribution in [3.63, 3.8) is 0 Å². The third kappa shape index (κ3) is 3.80. The molecule has 134 valence electrons. The number of aromatic nitrogens is 4. The van der Waals surface area contributed by atoms with Crippen LogP contribution in [-0.4, -0.2) is 19.7 Å². The van der Waals surface area contributed by atoms with E-state index in [1.807, 2.05) is 37.3 Å². The van der Waals surface area contributed by atoms with Gasteiger partial charge in [-0.05, 0) is 30.7 Å². The first-order valence-electron chi connectivity index (χ1n) is 8.30. The molecular weight excluding hydrogens is 364 g/mol. The Morgan fingerprint density at radius 3 is 2.78 bits per heavy atom. The second kappa shape index (κ2) is 7.17. The Kier molecular flexibility index (Phi) is 4.56. The highest BCUT2D eigenvalue weighted by Gasteiger charge is 2.12. The summed E-state index contributed by atoms with van der Waals surface area (Å²) >= 11 is 5.81. The van der Waals surface area contributed by atoms with Gasteiger partial charge in [-0.15, -0.1) is 0 Å². The van der Waals surface area contributed by atoms with Crippen molar-refractivity contribution < 1.29 is 4.52 Å². The lowest BCUT2D eigenvalue weighted by molar-refractivity contribution is 0.432. The highest BCUT2D eigenvalue weighted by Crippen LogP contribution is 2.22. The number of nitrogens with zero attached hydrogens (tertiary/aromatic N) is 4. The van der Waals surface area contributed by atoms with E-state index < -0.39 is 0 Å². The van der Waals surface area contributed by atoms with Crippen LogP contribution in [0.3, 0.4) is 0 Å². The second-order valence-electron chi connectivity index (χ2n) is 6.17. The molecule has 3 aromatic heterocycles. The van der Waals surface area contributed by atoms with E-state index in [9.17, 15) is 4.79 Å². The molecule has 0 spiro atoms. The van der Waals surface area contributed by atoms with Gasteiger partial charge in [0.2, 0.25) is 5.82 Å². The average Bonchev–Trinajstić information content (AvgIpc) is 3.15. The molecule has 0 aliphatic carbocycles. The summed E-state index contributed by atoms with van der Waals surface area (Å²) in [4.78, 5) is 20.7. The van der Waals surface area contributed by atoms with Gasteiger partial charge in [0, 0.05) is 24.0 Å². The first-order valence-corrected chi connectivity index (χ1v) is 8.68. The van der Waals surface area contributed by atoms with E-state index in [2.05, 4.69) is 15.1 Å². The molecule has 3 heterocycles. The Balaban J connectivity index is 1.65. The number of aryl methyl sites for hydroxylation is 1. The maximum atomic E-state index is 12.2. The first-order chi connectivity index (χ1) is 13.1. The van der Waals surface area contributed by atoms with Crippen LogP contribution < -0.4 is 5.56 Å². The van der Waals surface area contributed by atoms with Crippen LogP contribution in [0.25, 0.3) is 22.8 Å². The Labute approximate surface area is 160 Å². The number of rotatable bonds is 4. The van der Waals surface area contributed by atoms with Crippen LogP contribution in [0.5, 0.6) is 0 Å². The number of hydrogen-bond acceptors (Lipinski definition) is 5. The highest BCUT2D eigenvalue weighted by molar-refractivity contribution is 6.29. The molecule has 0 bridgehead atoms. The van der Waals surface area contributed by atoms with Gasteiger partial charge < -0.3 is 9.09 Å². The SMILES string of the molecule is Cc1cccc(-c2noc(-c3ccc(=O)n(Cc4ccc(Cl)nc4)c3)n2)c1. The van der Waals surface area contributed by atoms with Crippen molar-refractivity contribution in [1.82, 2.24) is 19.7 Å². The van der Waals surface area contributed by atoms with Crippen molar-refractivity contribution >= 4 is 11.6 Å². The molecule has 7 heteroatoms. The average molecular weight is 379 g/mol. The number of pyridine rings is 2. The molecule has 0 fully saturated rings. The molecule has 0 atom stereocenters. The lowest BCUT2D eigenvalue weighted by atomic mass is 10.1. The minimum Gasteiger partial charge on any atom is -0.334 e. The van der Waals surface area contributed by atoms with E-state index >= 15 is 0 Å². The van der Waals surface area contributed by atoms with Crippen LogP contribution in [0.2, 0.25) is 5.15 Å². The molecule has 4 aromatic rings. The van der Waals surface area contributed by atoms with E-state index in [1.54, 1.807) is 29.1 Å². The quantitative estimate of drug-likeness (QED) is 0.502. The number of halogens is 1. The van der Waals surface area contributed by atoms with E-state index in [1.165, 1.54) is 6.07 Å². The van der Waals surface area contributed by atoms with Gasteiger partial charge in [0.05, 0.1) is 12.1 Å². The first kappa shape index (κ1) is 17.2. The van der Waals surface area contributed by atoms with Gasteiger partial charge in [-0.25, -0.2) is 4.98 Å². The number of hydrogen-bond donors (Lipinski definition) is 0. The molecule has 0 saturated carbocycles. The van der Waals surface area contributed by atoms with E-state index in [0.29, 0.717) is 29.0 Å². The topological polar surface area (TPSA) is 73.8 Å². The zero-order chi connectivity index (χ0) is 18.8. The fourth-order valence-electron chi connectivity index (χ4n) is 2.72. The third-order valence-corrected chi connectivity index (χ3v) is 4.30. The Hall–Kier alpha value is -3.25. The van der Waals surface area contributed by atoms with Gasteiger partial charge >= 0.3 is 0 Å². The van der Waals surface area contributed by atoms with Crippen molar-refractivity contribution in [2.45, 2.75) is 13.5 Å². The molecule has 0 saturated heterocycles. The molecule has 6 nitrogen and oxygen atoms in total. The van der Waals surface area contributed by atoms with Crippen molar-refractivity contribution in [3.8, 4) is 22.8 Å². The van der Waals surface area contributed by atoms with Crippen molar-refractivity contribution in [2.75, 3.05) is 0 Å². The van der Waals surface area contributed by atoms with E-state index in [0.717, 1.165) is 16.7 Å². The molecule has 0 aliphatic heterocycles. The predicted molar refractivity (Wildman–Crippen MR) is 103 cm³/mol. The Morgan fingerprint density at radius 2 is 2.00 bits per heavy atom. The lowest BCUT2D eigenvalue weighted by Gasteiger charge is -2.06. The molecule has 0 radical (unpaired) electrons. The van der Waals surface area contributed by atoms with Gasteiger partial charge in [-0.2, -0.15) is 4.98 Å². The second-order valence-corrected chi connectivity index (χ2v) is 6.55. The summed E-state index contributed by atoms with van der Waals surface area (Å²) in [6.07, 6.45) is 3.34. The molecule has 0 N–H and O–H groups in total. The summed E-state index contributed by atoms with van der Waals surface area (Å²) in [7, 11) is 0. The molecule has 1 aromatic carbocycles. The molecule has 0 aliphatic rings. The zero-order valence-electron chi connectivity index (χ0n) is 14.5. The van der Waals surface area contributed by atoms with Gasteiger partial charge in [-0.1, -0.05) is 46.6 Å². The van der Waals surface area contributed by atoms with Crippen LogP contribution >= 0.6 is 11.6 Å². The molecule has 0 unspecified atom stereocenters.